The Labute approximate surface area is 94.5 Å². The molecule has 1 aromatic heterocycles. The van der Waals surface area contributed by atoms with E-state index in [1.165, 1.54) is 13.0 Å². The SMILES string of the molecule is CNc1cc(=O)c(CNC(C)=O)c(C)n1C. The predicted molar refractivity (Wildman–Crippen MR) is 63.5 cm³/mol. The zero-order valence-corrected chi connectivity index (χ0v) is 10.0. The van der Waals surface area contributed by atoms with Crippen LogP contribution in [0.3, 0.4) is 0 Å². The quantitative estimate of drug-likeness (QED) is 0.778. The molecule has 1 rings (SSSR count). The maximum absolute atomic E-state index is 11.8. The molecule has 1 heterocycles. The smallest absolute Gasteiger partial charge is 0.217 e. The summed E-state index contributed by atoms with van der Waals surface area (Å²) in [6, 6.07) is 1.53. The fourth-order valence-electron chi connectivity index (χ4n) is 1.54. The summed E-state index contributed by atoms with van der Waals surface area (Å²) in [6.45, 7) is 3.57. The van der Waals surface area contributed by atoms with Crippen LogP contribution in [0.5, 0.6) is 0 Å². The molecule has 0 aliphatic carbocycles. The van der Waals surface area contributed by atoms with Crippen LogP contribution in [-0.2, 0) is 18.4 Å². The molecule has 0 fully saturated rings. The monoisotopic (exact) mass is 223 g/mol. The van der Waals surface area contributed by atoms with Crippen LogP contribution < -0.4 is 16.1 Å². The number of amides is 1. The van der Waals surface area contributed by atoms with Crippen molar-refractivity contribution >= 4 is 11.7 Å². The van der Waals surface area contributed by atoms with Crippen LogP contribution in [0, 0.1) is 6.92 Å². The first-order valence-corrected chi connectivity index (χ1v) is 5.09. The Morgan fingerprint density at radius 2 is 2.12 bits per heavy atom. The molecule has 1 aromatic rings. The summed E-state index contributed by atoms with van der Waals surface area (Å²) in [5.41, 5.74) is 1.41. The molecule has 88 valence electrons. The third-order valence-corrected chi connectivity index (χ3v) is 2.64. The topological polar surface area (TPSA) is 63.1 Å². The van der Waals surface area contributed by atoms with Crippen molar-refractivity contribution in [2.45, 2.75) is 20.4 Å². The molecule has 0 unspecified atom stereocenters. The van der Waals surface area contributed by atoms with Gasteiger partial charge in [0, 0.05) is 44.9 Å². The van der Waals surface area contributed by atoms with E-state index in [1.807, 2.05) is 18.5 Å². The molecule has 0 spiro atoms. The summed E-state index contributed by atoms with van der Waals surface area (Å²) in [4.78, 5) is 22.6. The van der Waals surface area contributed by atoms with Gasteiger partial charge in [-0.05, 0) is 6.92 Å². The fourth-order valence-corrected chi connectivity index (χ4v) is 1.54. The van der Waals surface area contributed by atoms with Crippen LogP contribution in [0.15, 0.2) is 10.9 Å². The van der Waals surface area contributed by atoms with Crippen molar-refractivity contribution in [3.8, 4) is 0 Å². The van der Waals surface area contributed by atoms with E-state index in [-0.39, 0.29) is 17.9 Å². The first kappa shape index (κ1) is 12.3. The maximum Gasteiger partial charge on any atom is 0.217 e. The number of carbonyl (C=O) groups excluding carboxylic acids is 1. The van der Waals surface area contributed by atoms with E-state index in [0.717, 1.165) is 11.5 Å². The highest BCUT2D eigenvalue weighted by Crippen LogP contribution is 2.09. The second-order valence-corrected chi connectivity index (χ2v) is 3.68. The summed E-state index contributed by atoms with van der Waals surface area (Å²) in [6.07, 6.45) is 0. The van der Waals surface area contributed by atoms with Crippen LogP contribution in [-0.4, -0.2) is 17.5 Å². The highest BCUT2D eigenvalue weighted by Gasteiger charge is 2.09. The lowest BCUT2D eigenvalue weighted by Crippen LogP contribution is -2.26. The molecule has 1 amide bonds. The number of anilines is 1. The Balaban J connectivity index is 3.15. The van der Waals surface area contributed by atoms with E-state index in [4.69, 9.17) is 0 Å². The molecule has 0 atom stereocenters. The van der Waals surface area contributed by atoms with E-state index in [0.29, 0.717) is 5.56 Å². The first-order valence-electron chi connectivity index (χ1n) is 5.09. The second-order valence-electron chi connectivity index (χ2n) is 3.68. The minimum atomic E-state index is -0.140. The molecule has 0 saturated carbocycles. The van der Waals surface area contributed by atoms with Crippen molar-refractivity contribution < 1.29 is 4.79 Å². The highest BCUT2D eigenvalue weighted by atomic mass is 16.1. The molecule has 5 nitrogen and oxygen atoms in total. The number of pyridine rings is 1. The summed E-state index contributed by atoms with van der Waals surface area (Å²) >= 11 is 0. The standard InChI is InChI=1S/C11H17N3O2/c1-7-9(6-13-8(2)15)10(16)5-11(12-3)14(7)4/h5,12H,6H2,1-4H3,(H,13,15). The Morgan fingerprint density at radius 1 is 1.50 bits per heavy atom. The largest absolute Gasteiger partial charge is 0.374 e. The van der Waals surface area contributed by atoms with Crippen LogP contribution >= 0.6 is 0 Å². The molecule has 0 aliphatic heterocycles. The van der Waals surface area contributed by atoms with Gasteiger partial charge in [0.1, 0.15) is 5.82 Å². The Kier molecular flexibility index (Phi) is 3.71. The predicted octanol–water partition coefficient (Wildman–Crippen LogP) is 0.372. The van der Waals surface area contributed by atoms with Gasteiger partial charge in [-0.2, -0.15) is 0 Å². The molecular formula is C11H17N3O2. The normalized spacial score (nSPS) is 10.0. The van der Waals surface area contributed by atoms with Gasteiger partial charge < -0.3 is 15.2 Å². The van der Waals surface area contributed by atoms with E-state index < -0.39 is 0 Å². The van der Waals surface area contributed by atoms with E-state index in [1.54, 1.807) is 7.05 Å². The molecule has 0 bridgehead atoms. The fraction of sp³-hybridized carbons (Fsp3) is 0.455. The average Bonchev–Trinajstić information content (AvgIpc) is 2.22. The Hall–Kier alpha value is -1.78. The number of aromatic nitrogens is 1. The number of nitrogens with zero attached hydrogens (tertiary/aromatic N) is 1. The lowest BCUT2D eigenvalue weighted by molar-refractivity contribution is -0.119. The van der Waals surface area contributed by atoms with Gasteiger partial charge in [0.05, 0.1) is 0 Å². The molecule has 2 N–H and O–H groups in total. The maximum atomic E-state index is 11.8. The zero-order valence-electron chi connectivity index (χ0n) is 10.0. The minimum absolute atomic E-state index is 0.0614. The number of nitrogens with one attached hydrogen (secondary N) is 2. The van der Waals surface area contributed by atoms with Crippen LogP contribution in [0.2, 0.25) is 0 Å². The molecule has 0 aromatic carbocycles. The van der Waals surface area contributed by atoms with Crippen molar-refractivity contribution in [2.24, 2.45) is 7.05 Å². The number of rotatable bonds is 3. The van der Waals surface area contributed by atoms with Gasteiger partial charge in [-0.1, -0.05) is 0 Å². The third-order valence-electron chi connectivity index (χ3n) is 2.64. The Morgan fingerprint density at radius 3 is 2.62 bits per heavy atom. The van der Waals surface area contributed by atoms with Gasteiger partial charge in [0.15, 0.2) is 5.43 Å². The van der Waals surface area contributed by atoms with Crippen LogP contribution in [0.1, 0.15) is 18.2 Å². The lowest BCUT2D eigenvalue weighted by Gasteiger charge is -2.15. The van der Waals surface area contributed by atoms with Gasteiger partial charge >= 0.3 is 0 Å². The van der Waals surface area contributed by atoms with Crippen LogP contribution in [0.4, 0.5) is 5.82 Å². The molecule has 5 heteroatoms. The van der Waals surface area contributed by atoms with Crippen molar-refractivity contribution in [3.63, 3.8) is 0 Å². The highest BCUT2D eigenvalue weighted by molar-refractivity contribution is 5.72. The van der Waals surface area contributed by atoms with Crippen LogP contribution in [0.25, 0.3) is 0 Å². The Bertz CT molecular complexity index is 463. The van der Waals surface area contributed by atoms with E-state index in [9.17, 15) is 9.59 Å². The summed E-state index contributed by atoms with van der Waals surface area (Å²) in [5.74, 6) is 0.619. The van der Waals surface area contributed by atoms with Crippen molar-refractivity contribution in [1.82, 2.24) is 9.88 Å². The molecule has 0 radical (unpaired) electrons. The number of hydrogen-bond donors (Lipinski definition) is 2. The third kappa shape index (κ3) is 2.42. The molecule has 0 saturated heterocycles. The average molecular weight is 223 g/mol. The summed E-state index contributed by atoms with van der Waals surface area (Å²) in [5, 5.41) is 5.58. The first-order chi connectivity index (χ1) is 7.47. The van der Waals surface area contributed by atoms with Gasteiger partial charge in [-0.15, -0.1) is 0 Å². The summed E-state index contributed by atoms with van der Waals surface area (Å²) < 4.78 is 1.89. The summed E-state index contributed by atoms with van der Waals surface area (Å²) in [7, 11) is 3.64. The molecule has 16 heavy (non-hydrogen) atoms. The van der Waals surface area contributed by atoms with Gasteiger partial charge in [-0.25, -0.2) is 0 Å². The van der Waals surface area contributed by atoms with Gasteiger partial charge in [-0.3, -0.25) is 9.59 Å². The van der Waals surface area contributed by atoms with Crippen molar-refractivity contribution in [3.05, 3.63) is 27.5 Å². The van der Waals surface area contributed by atoms with Crippen molar-refractivity contribution in [1.29, 1.82) is 0 Å². The van der Waals surface area contributed by atoms with E-state index >= 15 is 0 Å². The lowest BCUT2D eigenvalue weighted by atomic mass is 10.2. The van der Waals surface area contributed by atoms with Crippen molar-refractivity contribution in [2.75, 3.05) is 12.4 Å². The number of carbonyl (C=O) groups is 1. The minimum Gasteiger partial charge on any atom is -0.374 e. The zero-order chi connectivity index (χ0) is 12.3. The second kappa shape index (κ2) is 4.83. The molecular weight excluding hydrogens is 206 g/mol. The number of hydrogen-bond acceptors (Lipinski definition) is 3. The molecule has 0 aliphatic rings. The van der Waals surface area contributed by atoms with E-state index in [2.05, 4.69) is 10.6 Å². The van der Waals surface area contributed by atoms with Gasteiger partial charge in [0.2, 0.25) is 5.91 Å². The van der Waals surface area contributed by atoms with Gasteiger partial charge in [0.25, 0.3) is 0 Å².